The minimum absolute atomic E-state index is 0.0306. The van der Waals surface area contributed by atoms with Crippen molar-refractivity contribution in [1.29, 1.82) is 0 Å². The van der Waals surface area contributed by atoms with E-state index in [1.165, 1.54) is 25.7 Å². The fourth-order valence-electron chi connectivity index (χ4n) is 4.20. The smallest absolute Gasteiger partial charge is 0.248 e. The molecule has 0 atom stereocenters. The second-order valence-corrected chi connectivity index (χ2v) is 7.02. The van der Waals surface area contributed by atoms with Crippen molar-refractivity contribution >= 4 is 11.8 Å². The van der Waals surface area contributed by atoms with Crippen molar-refractivity contribution in [3.8, 4) is 0 Å². The minimum atomic E-state index is -0.551. The molecular weight excluding hydrogens is 240 g/mol. The first kappa shape index (κ1) is 12.9. The summed E-state index contributed by atoms with van der Waals surface area (Å²) in [5.41, 5.74) is -0.322. The third-order valence-corrected chi connectivity index (χ3v) is 5.25. The molecule has 4 heteroatoms. The second-order valence-electron chi connectivity index (χ2n) is 7.02. The van der Waals surface area contributed by atoms with Crippen LogP contribution < -0.4 is 5.32 Å². The van der Waals surface area contributed by atoms with Gasteiger partial charge in [0, 0.05) is 6.54 Å². The van der Waals surface area contributed by atoms with Gasteiger partial charge in [0.15, 0.2) is 0 Å². The fraction of sp³-hybridized carbons (Fsp3) is 0.867. The Hall–Kier alpha value is -1.06. The number of piperazine rings is 1. The van der Waals surface area contributed by atoms with Gasteiger partial charge in [0.2, 0.25) is 11.8 Å². The van der Waals surface area contributed by atoms with Crippen LogP contribution in [0.25, 0.3) is 0 Å². The zero-order valence-electron chi connectivity index (χ0n) is 11.8. The summed E-state index contributed by atoms with van der Waals surface area (Å²) in [6.45, 7) is 3.29. The van der Waals surface area contributed by atoms with E-state index in [4.69, 9.17) is 0 Å². The van der Waals surface area contributed by atoms with Crippen LogP contribution in [0.4, 0.5) is 0 Å². The second kappa shape index (κ2) is 4.50. The van der Waals surface area contributed by atoms with Crippen LogP contribution in [0.2, 0.25) is 0 Å². The van der Waals surface area contributed by atoms with Crippen LogP contribution in [0, 0.1) is 5.41 Å². The van der Waals surface area contributed by atoms with Gasteiger partial charge in [0.05, 0.1) is 6.54 Å². The number of carbonyl (C=O) groups excluding carboxylic acids is 2. The molecule has 2 aliphatic carbocycles. The first-order chi connectivity index (χ1) is 9.03. The SMILES string of the molecule is CC1(CN2CC(=O)NC3(CCCC3)C2=O)CCCC1. The van der Waals surface area contributed by atoms with E-state index in [-0.39, 0.29) is 23.8 Å². The number of rotatable bonds is 2. The number of amides is 2. The van der Waals surface area contributed by atoms with Crippen LogP contribution in [0.5, 0.6) is 0 Å². The monoisotopic (exact) mass is 264 g/mol. The highest BCUT2D eigenvalue weighted by molar-refractivity contribution is 5.98. The first-order valence-corrected chi connectivity index (χ1v) is 7.64. The maximum Gasteiger partial charge on any atom is 0.248 e. The molecule has 0 aromatic carbocycles. The fourth-order valence-corrected chi connectivity index (χ4v) is 4.20. The zero-order chi connectivity index (χ0) is 13.5. The largest absolute Gasteiger partial charge is 0.340 e. The Bertz CT molecular complexity index is 393. The van der Waals surface area contributed by atoms with E-state index in [0.29, 0.717) is 0 Å². The number of carbonyl (C=O) groups is 2. The Morgan fingerprint density at radius 1 is 1.05 bits per heavy atom. The van der Waals surface area contributed by atoms with Crippen LogP contribution in [-0.4, -0.2) is 35.3 Å². The number of nitrogens with zero attached hydrogens (tertiary/aromatic N) is 1. The highest BCUT2D eigenvalue weighted by Gasteiger charge is 2.49. The van der Waals surface area contributed by atoms with Gasteiger partial charge in [-0.3, -0.25) is 9.59 Å². The van der Waals surface area contributed by atoms with Crippen LogP contribution >= 0.6 is 0 Å². The highest BCUT2D eigenvalue weighted by Crippen LogP contribution is 2.40. The van der Waals surface area contributed by atoms with E-state index < -0.39 is 5.54 Å². The lowest BCUT2D eigenvalue weighted by atomic mass is 9.86. The molecule has 4 nitrogen and oxygen atoms in total. The Kier molecular flexibility index (Phi) is 3.06. The lowest BCUT2D eigenvalue weighted by molar-refractivity contribution is -0.151. The summed E-state index contributed by atoms with van der Waals surface area (Å²) < 4.78 is 0. The molecule has 19 heavy (non-hydrogen) atoms. The van der Waals surface area contributed by atoms with Gasteiger partial charge in [-0.2, -0.15) is 0 Å². The summed E-state index contributed by atoms with van der Waals surface area (Å²) in [6, 6.07) is 0. The van der Waals surface area contributed by atoms with Crippen molar-refractivity contribution in [2.75, 3.05) is 13.1 Å². The maximum atomic E-state index is 12.7. The summed E-state index contributed by atoms with van der Waals surface area (Å²) in [5.74, 6) is 0.209. The standard InChI is InChI=1S/C15H24N2O2/c1-14(6-2-3-7-14)11-17-10-12(18)16-15(13(17)19)8-4-5-9-15/h2-11H2,1H3,(H,16,18). The maximum absolute atomic E-state index is 12.7. The molecule has 0 bridgehead atoms. The van der Waals surface area contributed by atoms with E-state index >= 15 is 0 Å². The number of nitrogens with one attached hydrogen (secondary N) is 1. The Morgan fingerprint density at radius 2 is 1.63 bits per heavy atom. The molecule has 2 saturated carbocycles. The molecule has 3 aliphatic rings. The summed E-state index contributed by atoms with van der Waals surface area (Å²) in [7, 11) is 0. The van der Waals surface area contributed by atoms with E-state index in [1.54, 1.807) is 0 Å². The highest BCUT2D eigenvalue weighted by atomic mass is 16.2. The van der Waals surface area contributed by atoms with E-state index in [1.807, 2.05) is 4.90 Å². The van der Waals surface area contributed by atoms with Crippen molar-refractivity contribution in [2.45, 2.75) is 63.8 Å². The normalized spacial score (nSPS) is 29.0. The topological polar surface area (TPSA) is 49.4 Å². The van der Waals surface area contributed by atoms with Crippen molar-refractivity contribution in [3.05, 3.63) is 0 Å². The van der Waals surface area contributed by atoms with E-state index in [9.17, 15) is 9.59 Å². The molecule has 0 aromatic heterocycles. The molecule has 106 valence electrons. The Balaban J connectivity index is 1.77. The van der Waals surface area contributed by atoms with Crippen molar-refractivity contribution in [2.24, 2.45) is 5.41 Å². The van der Waals surface area contributed by atoms with Gasteiger partial charge in [-0.15, -0.1) is 0 Å². The average Bonchev–Trinajstić information content (AvgIpc) is 2.96. The third-order valence-electron chi connectivity index (χ3n) is 5.25. The lowest BCUT2D eigenvalue weighted by Gasteiger charge is -2.42. The Morgan fingerprint density at radius 3 is 2.26 bits per heavy atom. The molecular formula is C15H24N2O2. The van der Waals surface area contributed by atoms with Gasteiger partial charge in [-0.05, 0) is 31.1 Å². The summed E-state index contributed by atoms with van der Waals surface area (Å²) in [6.07, 6.45) is 8.65. The molecule has 1 spiro atoms. The zero-order valence-corrected chi connectivity index (χ0v) is 11.8. The molecule has 1 saturated heterocycles. The molecule has 3 rings (SSSR count). The predicted molar refractivity (Wildman–Crippen MR) is 72.5 cm³/mol. The molecule has 0 radical (unpaired) electrons. The van der Waals surface area contributed by atoms with Crippen LogP contribution in [0.15, 0.2) is 0 Å². The molecule has 1 heterocycles. The van der Waals surface area contributed by atoms with Crippen LogP contribution in [-0.2, 0) is 9.59 Å². The number of hydrogen-bond donors (Lipinski definition) is 1. The van der Waals surface area contributed by atoms with Gasteiger partial charge in [0.1, 0.15) is 5.54 Å². The third kappa shape index (κ3) is 2.26. The quantitative estimate of drug-likeness (QED) is 0.827. The predicted octanol–water partition coefficient (Wildman–Crippen LogP) is 1.84. The summed E-state index contributed by atoms with van der Waals surface area (Å²) in [5, 5.41) is 2.98. The van der Waals surface area contributed by atoms with Crippen molar-refractivity contribution in [1.82, 2.24) is 10.2 Å². The Labute approximate surface area is 114 Å². The van der Waals surface area contributed by atoms with E-state index in [0.717, 1.165) is 32.2 Å². The molecule has 1 aliphatic heterocycles. The van der Waals surface area contributed by atoms with Crippen LogP contribution in [0.1, 0.15) is 58.3 Å². The van der Waals surface area contributed by atoms with Crippen molar-refractivity contribution < 1.29 is 9.59 Å². The average molecular weight is 264 g/mol. The van der Waals surface area contributed by atoms with Gasteiger partial charge in [0.25, 0.3) is 0 Å². The van der Waals surface area contributed by atoms with Gasteiger partial charge < -0.3 is 10.2 Å². The first-order valence-electron chi connectivity index (χ1n) is 7.64. The molecule has 0 aromatic rings. The minimum Gasteiger partial charge on any atom is -0.340 e. The molecule has 3 fully saturated rings. The van der Waals surface area contributed by atoms with Crippen LogP contribution in [0.3, 0.4) is 0 Å². The summed E-state index contributed by atoms with van der Waals surface area (Å²) in [4.78, 5) is 26.5. The molecule has 1 N–H and O–H groups in total. The van der Waals surface area contributed by atoms with E-state index in [2.05, 4.69) is 12.2 Å². The molecule has 0 unspecified atom stereocenters. The van der Waals surface area contributed by atoms with Crippen molar-refractivity contribution in [3.63, 3.8) is 0 Å². The number of hydrogen-bond acceptors (Lipinski definition) is 2. The van der Waals surface area contributed by atoms with Gasteiger partial charge in [-0.25, -0.2) is 0 Å². The molecule has 2 amide bonds. The lowest BCUT2D eigenvalue weighted by Crippen LogP contribution is -2.66. The van der Waals surface area contributed by atoms with Gasteiger partial charge in [-0.1, -0.05) is 32.6 Å². The van der Waals surface area contributed by atoms with Gasteiger partial charge >= 0.3 is 0 Å². The summed E-state index contributed by atoms with van der Waals surface area (Å²) >= 11 is 0.